The van der Waals surface area contributed by atoms with Gasteiger partial charge in [-0.25, -0.2) is 0 Å². The lowest BCUT2D eigenvalue weighted by Gasteiger charge is -2.45. The predicted octanol–water partition coefficient (Wildman–Crippen LogP) is 3.62. The molecular weight excluding hydrogens is 432 g/mol. The molecule has 8 nitrogen and oxygen atoms in total. The van der Waals surface area contributed by atoms with Gasteiger partial charge in [-0.05, 0) is 31.5 Å². The van der Waals surface area contributed by atoms with E-state index in [-0.39, 0.29) is 23.8 Å². The second-order valence-corrected chi connectivity index (χ2v) is 9.29. The fraction of sp³-hybridized carbons (Fsp3) is 0.423. The number of carbonyl (C=O) groups excluding carboxylic acids is 2. The minimum atomic E-state index is -0.579. The molecule has 1 aliphatic rings. The largest absolute Gasteiger partial charge is 0.464 e. The summed E-state index contributed by atoms with van der Waals surface area (Å²) in [5.41, 5.74) is 2.78. The van der Waals surface area contributed by atoms with Gasteiger partial charge in [-0.1, -0.05) is 43.3 Å². The van der Waals surface area contributed by atoms with Crippen molar-refractivity contribution in [3.8, 4) is 11.3 Å². The highest BCUT2D eigenvalue weighted by Crippen LogP contribution is 2.22. The topological polar surface area (TPSA) is 91.8 Å². The summed E-state index contributed by atoms with van der Waals surface area (Å²) in [6.45, 7) is 9.64. The van der Waals surface area contributed by atoms with Gasteiger partial charge in [0.2, 0.25) is 11.8 Å². The number of aromatic nitrogens is 1. The molecule has 0 spiro atoms. The third-order valence-corrected chi connectivity index (χ3v) is 6.10. The number of hydrogen-bond donors (Lipinski definition) is 1. The zero-order chi connectivity index (χ0) is 24.2. The van der Waals surface area contributed by atoms with Gasteiger partial charge in [0.05, 0.1) is 18.5 Å². The summed E-state index contributed by atoms with van der Waals surface area (Å²) in [4.78, 5) is 30.2. The summed E-state index contributed by atoms with van der Waals surface area (Å²) in [5, 5.41) is 6.99. The van der Waals surface area contributed by atoms with Crippen LogP contribution in [0, 0.1) is 12.8 Å². The maximum atomic E-state index is 13.3. The molecule has 0 saturated carbocycles. The van der Waals surface area contributed by atoms with Crippen LogP contribution in [-0.4, -0.2) is 51.9 Å². The fourth-order valence-corrected chi connectivity index (χ4v) is 4.43. The third-order valence-electron chi connectivity index (χ3n) is 6.10. The highest BCUT2D eigenvalue weighted by molar-refractivity contribution is 5.89. The van der Waals surface area contributed by atoms with E-state index in [1.807, 2.05) is 70.2 Å². The van der Waals surface area contributed by atoms with E-state index in [0.717, 1.165) is 28.3 Å². The lowest BCUT2D eigenvalue weighted by atomic mass is 10.0. The van der Waals surface area contributed by atoms with Crippen molar-refractivity contribution in [2.24, 2.45) is 5.92 Å². The first-order chi connectivity index (χ1) is 16.3. The van der Waals surface area contributed by atoms with E-state index in [9.17, 15) is 9.59 Å². The molecule has 8 heteroatoms. The summed E-state index contributed by atoms with van der Waals surface area (Å²) in [6, 6.07) is 12.9. The van der Waals surface area contributed by atoms with Gasteiger partial charge in [-0.15, -0.1) is 0 Å². The van der Waals surface area contributed by atoms with E-state index in [0.29, 0.717) is 26.2 Å². The highest BCUT2D eigenvalue weighted by Gasteiger charge is 2.40. The normalized spacial score (nSPS) is 18.9. The molecule has 4 rings (SSSR count). The van der Waals surface area contributed by atoms with E-state index < -0.39 is 6.04 Å². The third kappa shape index (κ3) is 5.39. The number of nitrogens with zero attached hydrogens (tertiary/aromatic N) is 3. The van der Waals surface area contributed by atoms with Crippen LogP contribution in [0.2, 0.25) is 0 Å². The van der Waals surface area contributed by atoms with E-state index in [1.165, 1.54) is 0 Å². The van der Waals surface area contributed by atoms with Gasteiger partial charge in [0.15, 0.2) is 5.76 Å². The number of furan rings is 1. The zero-order valence-electron chi connectivity index (χ0n) is 20.2. The van der Waals surface area contributed by atoms with Gasteiger partial charge >= 0.3 is 0 Å². The maximum absolute atomic E-state index is 13.3. The van der Waals surface area contributed by atoms with Crippen LogP contribution >= 0.6 is 0 Å². The average molecular weight is 465 g/mol. The molecule has 2 aromatic heterocycles. The van der Waals surface area contributed by atoms with Crippen molar-refractivity contribution in [1.29, 1.82) is 0 Å². The van der Waals surface area contributed by atoms with Crippen molar-refractivity contribution >= 4 is 11.8 Å². The Morgan fingerprint density at radius 3 is 2.56 bits per heavy atom. The van der Waals surface area contributed by atoms with E-state index in [1.54, 1.807) is 11.2 Å². The lowest BCUT2D eigenvalue weighted by Crippen LogP contribution is -2.64. The summed E-state index contributed by atoms with van der Waals surface area (Å²) in [6.07, 6.45) is 1.64. The summed E-state index contributed by atoms with van der Waals surface area (Å²) in [5.74, 6) is 1.20. The van der Waals surface area contributed by atoms with Crippen LogP contribution in [0.5, 0.6) is 0 Å². The molecule has 1 saturated heterocycles. The first-order valence-corrected chi connectivity index (χ1v) is 11.7. The molecule has 0 bridgehead atoms. The minimum Gasteiger partial charge on any atom is -0.464 e. The first kappa shape index (κ1) is 23.8. The molecule has 0 aliphatic carbocycles. The molecule has 3 heterocycles. The second kappa shape index (κ2) is 10.3. The molecule has 1 aromatic carbocycles. The summed E-state index contributed by atoms with van der Waals surface area (Å²) >= 11 is 0. The van der Waals surface area contributed by atoms with Crippen LogP contribution in [-0.2, 0) is 22.7 Å². The zero-order valence-corrected chi connectivity index (χ0v) is 20.2. The van der Waals surface area contributed by atoms with Gasteiger partial charge in [-0.2, -0.15) is 0 Å². The standard InChI is InChI=1S/C26H32N4O4/c1-17(2)26(32)30-19(4)14-29(15-22-12-18(3)28-34-22)16-23(30)25(31)27-13-20-7-9-21(10-8-20)24-6-5-11-33-24/h5-12,17,19,23H,13-16H2,1-4H3,(H,27,31). The molecule has 0 radical (unpaired) electrons. The van der Waals surface area contributed by atoms with Crippen LogP contribution in [0.25, 0.3) is 11.3 Å². The van der Waals surface area contributed by atoms with Gasteiger partial charge in [0.25, 0.3) is 0 Å². The Kier molecular flexibility index (Phi) is 7.17. The molecule has 3 aromatic rings. The number of nitrogens with one attached hydrogen (secondary N) is 1. The van der Waals surface area contributed by atoms with Crippen LogP contribution in [0.4, 0.5) is 0 Å². The Hall–Kier alpha value is -3.39. The Morgan fingerprint density at radius 2 is 1.94 bits per heavy atom. The van der Waals surface area contributed by atoms with Crippen molar-refractivity contribution in [3.05, 3.63) is 65.7 Å². The van der Waals surface area contributed by atoms with Crippen molar-refractivity contribution in [3.63, 3.8) is 0 Å². The van der Waals surface area contributed by atoms with E-state index in [2.05, 4.69) is 15.4 Å². The van der Waals surface area contributed by atoms with Crippen LogP contribution in [0.3, 0.4) is 0 Å². The second-order valence-electron chi connectivity index (χ2n) is 9.29. The van der Waals surface area contributed by atoms with Gasteiger partial charge < -0.3 is 19.2 Å². The van der Waals surface area contributed by atoms with E-state index in [4.69, 9.17) is 8.94 Å². The number of aryl methyl sites for hydroxylation is 1. The quantitative estimate of drug-likeness (QED) is 0.574. The van der Waals surface area contributed by atoms with Crippen molar-refractivity contribution in [2.45, 2.75) is 52.9 Å². The van der Waals surface area contributed by atoms with Crippen molar-refractivity contribution in [2.75, 3.05) is 13.1 Å². The molecule has 2 atom stereocenters. The fourth-order valence-electron chi connectivity index (χ4n) is 4.43. The Balaban J connectivity index is 1.45. The van der Waals surface area contributed by atoms with Crippen LogP contribution in [0.15, 0.2) is 57.7 Å². The number of hydrogen-bond acceptors (Lipinski definition) is 6. The van der Waals surface area contributed by atoms with Crippen LogP contribution < -0.4 is 5.32 Å². The molecule has 1 N–H and O–H groups in total. The van der Waals surface area contributed by atoms with Gasteiger partial charge in [0, 0.05) is 43.2 Å². The molecular formula is C26H32N4O4. The Morgan fingerprint density at radius 1 is 1.18 bits per heavy atom. The van der Waals surface area contributed by atoms with E-state index >= 15 is 0 Å². The highest BCUT2D eigenvalue weighted by atomic mass is 16.5. The maximum Gasteiger partial charge on any atom is 0.244 e. The van der Waals surface area contributed by atoms with Crippen LogP contribution in [0.1, 0.15) is 37.8 Å². The summed E-state index contributed by atoms with van der Waals surface area (Å²) < 4.78 is 10.8. The number of benzene rings is 1. The number of carbonyl (C=O) groups is 2. The van der Waals surface area contributed by atoms with Crippen molar-refractivity contribution < 1.29 is 18.5 Å². The minimum absolute atomic E-state index is 0.00869. The monoisotopic (exact) mass is 464 g/mol. The number of amides is 2. The molecule has 2 unspecified atom stereocenters. The average Bonchev–Trinajstić information content (AvgIpc) is 3.49. The predicted molar refractivity (Wildman–Crippen MR) is 127 cm³/mol. The molecule has 180 valence electrons. The molecule has 34 heavy (non-hydrogen) atoms. The van der Waals surface area contributed by atoms with Crippen molar-refractivity contribution in [1.82, 2.24) is 20.3 Å². The van der Waals surface area contributed by atoms with Gasteiger partial charge in [-0.3, -0.25) is 14.5 Å². The molecule has 1 fully saturated rings. The van der Waals surface area contributed by atoms with Gasteiger partial charge in [0.1, 0.15) is 11.8 Å². The molecule has 2 amide bonds. The SMILES string of the molecule is Cc1cc(CN2CC(C)N(C(=O)C(C)C)C(C(=O)NCc3ccc(-c4ccco4)cc3)C2)on1. The smallest absolute Gasteiger partial charge is 0.244 e. The molecule has 1 aliphatic heterocycles. The summed E-state index contributed by atoms with van der Waals surface area (Å²) in [7, 11) is 0. The lowest BCUT2D eigenvalue weighted by molar-refractivity contribution is -0.150. The first-order valence-electron chi connectivity index (χ1n) is 11.7. The number of piperazine rings is 1. The Bertz CT molecular complexity index is 1100. The Labute approximate surface area is 199 Å². The number of rotatable bonds is 7.